The Morgan fingerprint density at radius 1 is 0.650 bits per heavy atom. The van der Waals surface area contributed by atoms with Gasteiger partial charge in [0.05, 0.1) is 0 Å². The Bertz CT molecular complexity index is 176. The lowest BCUT2D eigenvalue weighted by molar-refractivity contribution is 0.240. The third-order valence-electron chi connectivity index (χ3n) is 3.79. The van der Waals surface area contributed by atoms with Crippen LogP contribution in [0.4, 0.5) is 0 Å². The van der Waals surface area contributed by atoms with E-state index in [-0.39, 0.29) is 0 Å². The van der Waals surface area contributed by atoms with E-state index in [0.29, 0.717) is 0 Å². The van der Waals surface area contributed by atoms with Crippen LogP contribution in [0.5, 0.6) is 0 Å². The zero-order valence-electron chi connectivity index (χ0n) is 13.1. The van der Waals surface area contributed by atoms with Gasteiger partial charge in [-0.3, -0.25) is 0 Å². The fraction of sp³-hybridized carbons (Fsp3) is 1.00. The molecule has 2 rings (SSSR count). The number of nitrogens with zero attached hydrogens (tertiary/aromatic N) is 2. The molecule has 20 heavy (non-hydrogen) atoms. The number of halogens is 3. The molecule has 0 radical (unpaired) electrons. The van der Waals surface area contributed by atoms with E-state index in [9.17, 15) is 0 Å². The number of likely N-dealkylation sites (tertiary alicyclic amines) is 2. The van der Waals surface area contributed by atoms with Crippen LogP contribution < -0.4 is 0 Å². The highest BCUT2D eigenvalue weighted by Crippen LogP contribution is 2.07. The Morgan fingerprint density at radius 2 is 0.900 bits per heavy atom. The van der Waals surface area contributed by atoms with Gasteiger partial charge in [-0.15, -0.1) is 0 Å². The van der Waals surface area contributed by atoms with Crippen molar-refractivity contribution in [3.05, 3.63) is 0 Å². The molecule has 0 bridgehead atoms. The lowest BCUT2D eigenvalue weighted by Crippen LogP contribution is -2.29. The van der Waals surface area contributed by atoms with Crippen LogP contribution in [0.15, 0.2) is 0 Å². The molecule has 2 fully saturated rings. The Labute approximate surface area is 142 Å². The summed E-state index contributed by atoms with van der Waals surface area (Å²) in [6.45, 7) is 12.4. The summed E-state index contributed by atoms with van der Waals surface area (Å²) < 4.78 is 0. The van der Waals surface area contributed by atoms with Crippen LogP contribution in [0.1, 0.15) is 52.4 Å². The Morgan fingerprint density at radius 3 is 1.05 bits per heavy atom. The summed E-state index contributed by atoms with van der Waals surface area (Å²) in [5, 5.41) is 0. The minimum Gasteiger partial charge on any atom is -0.304 e. The van der Waals surface area contributed by atoms with E-state index >= 15 is 0 Å². The van der Waals surface area contributed by atoms with E-state index in [2.05, 4.69) is 23.6 Å². The van der Waals surface area contributed by atoms with Crippen LogP contribution in [0, 0.1) is 0 Å². The molecule has 2 aliphatic heterocycles. The highest BCUT2D eigenvalue weighted by Gasteiger charge is 2.06. The predicted octanol–water partition coefficient (Wildman–Crippen LogP) is 4.67. The normalized spacial score (nSPS) is 20.2. The molecule has 0 atom stereocenters. The summed E-state index contributed by atoms with van der Waals surface area (Å²) in [7, 11) is 14.8. The number of hydrogen-bond acceptors (Lipinski definition) is 2. The largest absolute Gasteiger partial charge is 0.643 e. The van der Waals surface area contributed by atoms with Crippen molar-refractivity contribution < 1.29 is 0 Å². The fourth-order valence-electron chi connectivity index (χ4n) is 2.55. The van der Waals surface area contributed by atoms with E-state index in [1.165, 1.54) is 77.8 Å². The van der Waals surface area contributed by atoms with E-state index in [4.69, 9.17) is 30.1 Å². The van der Waals surface area contributed by atoms with Crippen molar-refractivity contribution in [3.8, 4) is 0 Å². The smallest absolute Gasteiger partial charge is 0.304 e. The van der Waals surface area contributed by atoms with Crippen molar-refractivity contribution in [1.82, 2.24) is 9.80 Å². The van der Waals surface area contributed by atoms with Gasteiger partial charge in [-0.1, -0.05) is 26.7 Å². The van der Waals surface area contributed by atoms with Crippen molar-refractivity contribution in [2.24, 2.45) is 0 Å². The van der Waals surface area contributed by atoms with Crippen LogP contribution in [-0.4, -0.2) is 60.5 Å². The molecule has 2 saturated heterocycles. The topological polar surface area (TPSA) is 6.48 Å². The maximum absolute atomic E-state index is 4.94. The standard InChI is InChI=1S/2C7H15N.Al.3ClH/c2*1-2-8-6-4-3-5-7-8;;;;/h2*2-7H2,1H3;;3*1H/q;;+3;;;/p-3. The number of piperidine rings is 2. The quantitative estimate of drug-likeness (QED) is 0.661. The maximum atomic E-state index is 4.94. The van der Waals surface area contributed by atoms with Gasteiger partial charge in [0, 0.05) is 0 Å². The van der Waals surface area contributed by atoms with Crippen LogP contribution in [0.3, 0.4) is 0 Å². The first-order chi connectivity index (χ1) is 9.60. The zero-order valence-corrected chi connectivity index (χ0v) is 16.5. The lowest BCUT2D eigenvalue weighted by atomic mass is 10.1. The minimum absolute atomic E-state index is 1.25. The van der Waals surface area contributed by atoms with Crippen molar-refractivity contribution in [1.29, 1.82) is 0 Å². The third-order valence-corrected chi connectivity index (χ3v) is 3.79. The lowest BCUT2D eigenvalue weighted by Gasteiger charge is -2.24. The molecule has 2 nitrogen and oxygen atoms in total. The first-order valence-corrected chi connectivity index (χ1v) is 13.2. The van der Waals surface area contributed by atoms with Crippen molar-refractivity contribution in [3.63, 3.8) is 0 Å². The van der Waals surface area contributed by atoms with Crippen LogP contribution in [0.2, 0.25) is 0 Å². The molecule has 0 unspecified atom stereocenters. The molecule has 0 N–H and O–H groups in total. The van der Waals surface area contributed by atoms with E-state index in [1.807, 2.05) is 0 Å². The van der Waals surface area contributed by atoms with Crippen molar-refractivity contribution in [2.75, 3.05) is 39.3 Å². The van der Waals surface area contributed by atoms with E-state index in [0.717, 1.165) is 0 Å². The molecule has 120 valence electrons. The Kier molecular flexibility index (Phi) is 16.2. The number of rotatable bonds is 2. The molecule has 0 spiro atoms. The highest BCUT2D eigenvalue weighted by atomic mass is 35.8. The summed E-state index contributed by atoms with van der Waals surface area (Å²) in [5.41, 5.74) is 0. The first-order valence-electron chi connectivity index (χ1n) is 7.97. The van der Waals surface area contributed by atoms with Gasteiger partial charge >= 0.3 is 11.4 Å². The number of hydrogen-bond donors (Lipinski definition) is 0. The summed E-state index contributed by atoms with van der Waals surface area (Å²) in [6.07, 6.45) is 8.61. The van der Waals surface area contributed by atoms with Crippen LogP contribution >= 0.6 is 30.1 Å². The highest BCUT2D eigenvalue weighted by molar-refractivity contribution is 7.54. The molecule has 0 aromatic carbocycles. The molecule has 0 aromatic heterocycles. The predicted molar refractivity (Wildman–Crippen MR) is 95.2 cm³/mol. The average molecular weight is 360 g/mol. The zero-order chi connectivity index (χ0) is 15.2. The van der Waals surface area contributed by atoms with Gasteiger partial charge in [0.2, 0.25) is 0 Å². The molecule has 6 heteroatoms. The SMILES string of the molecule is CCN1CCCCC1.CCN1CCCCC1.[Cl][Al]([Cl])[Cl]. The van der Waals surface area contributed by atoms with Crippen LogP contribution in [-0.2, 0) is 0 Å². The summed E-state index contributed by atoms with van der Waals surface area (Å²) >= 11 is -1.72. The molecule has 2 heterocycles. The summed E-state index contributed by atoms with van der Waals surface area (Å²) in [5.74, 6) is 0. The summed E-state index contributed by atoms with van der Waals surface area (Å²) in [6, 6.07) is 0. The van der Waals surface area contributed by atoms with Gasteiger partial charge in [-0.25, -0.2) is 30.1 Å². The summed E-state index contributed by atoms with van der Waals surface area (Å²) in [4.78, 5) is 5.03. The van der Waals surface area contributed by atoms with E-state index < -0.39 is 11.4 Å². The van der Waals surface area contributed by atoms with Crippen LogP contribution in [0.25, 0.3) is 0 Å². The molecular formula is C14H30AlCl3N2. The molecule has 0 amide bonds. The van der Waals surface area contributed by atoms with Crippen molar-refractivity contribution in [2.45, 2.75) is 52.4 Å². The van der Waals surface area contributed by atoms with Crippen molar-refractivity contribution >= 4 is 41.5 Å². The molecule has 0 saturated carbocycles. The molecule has 0 aliphatic carbocycles. The van der Waals surface area contributed by atoms with Gasteiger partial charge in [-0.05, 0) is 65.0 Å². The van der Waals surface area contributed by atoms with Gasteiger partial charge < -0.3 is 9.80 Å². The monoisotopic (exact) mass is 358 g/mol. The van der Waals surface area contributed by atoms with Gasteiger partial charge in [0.15, 0.2) is 0 Å². The van der Waals surface area contributed by atoms with Gasteiger partial charge in [0.1, 0.15) is 0 Å². The first kappa shape index (κ1) is 21.3. The third kappa shape index (κ3) is 14.3. The molecule has 0 aromatic rings. The molecular weight excluding hydrogens is 330 g/mol. The second kappa shape index (κ2) is 15.2. The average Bonchev–Trinajstić information content (AvgIpc) is 2.49. The van der Waals surface area contributed by atoms with E-state index in [1.54, 1.807) is 0 Å². The van der Waals surface area contributed by atoms with Gasteiger partial charge in [-0.2, -0.15) is 0 Å². The molecule has 2 aliphatic rings. The Balaban J connectivity index is 0.000000289. The second-order valence-electron chi connectivity index (χ2n) is 5.24. The maximum Gasteiger partial charge on any atom is 0.643 e. The Hall–Kier alpha value is 1.32. The minimum atomic E-state index is -1.72. The van der Waals surface area contributed by atoms with Gasteiger partial charge in [0.25, 0.3) is 0 Å². The fourth-order valence-corrected chi connectivity index (χ4v) is 2.55. The second-order valence-corrected chi connectivity index (χ2v) is 11.7.